The molecular weight excluding hydrogens is 1310 g/mol. The van der Waals surface area contributed by atoms with Crippen molar-refractivity contribution in [2.75, 3.05) is 25.4 Å². The van der Waals surface area contributed by atoms with Crippen LogP contribution in [-0.4, -0.2) is 148 Å². The molecule has 10 amide bonds. The van der Waals surface area contributed by atoms with Crippen molar-refractivity contribution in [2.45, 2.75) is 185 Å². The quantitative estimate of drug-likeness (QED) is 0.00900. The zero-order chi connectivity index (χ0) is 73.7. The first kappa shape index (κ1) is 77.2. The van der Waals surface area contributed by atoms with Gasteiger partial charge in [-0.25, -0.2) is 4.79 Å². The number of carbonyl (C=O) groups is 10. The molecule has 24 heteroatoms. The van der Waals surface area contributed by atoms with Gasteiger partial charge < -0.3 is 61.9 Å². The van der Waals surface area contributed by atoms with Crippen LogP contribution < -0.4 is 52.4 Å². The lowest BCUT2D eigenvalue weighted by Gasteiger charge is -2.36. The molecule has 9 N–H and O–H groups in total. The van der Waals surface area contributed by atoms with Gasteiger partial charge in [-0.3, -0.25) is 48.1 Å². The Morgan fingerprint density at radius 1 is 0.535 bits per heavy atom. The Morgan fingerprint density at radius 2 is 0.970 bits per heavy atom. The summed E-state index contributed by atoms with van der Waals surface area (Å²) in [6.07, 6.45) is 2.95. The van der Waals surface area contributed by atoms with E-state index >= 15 is 4.79 Å². The molecule has 2 fully saturated rings. The molecular formula is C77H97N9O14S. The van der Waals surface area contributed by atoms with Gasteiger partial charge >= 0.3 is 6.09 Å². The maximum Gasteiger partial charge on any atom is 0.408 e. The van der Waals surface area contributed by atoms with Gasteiger partial charge in [-0.2, -0.15) is 0 Å². The van der Waals surface area contributed by atoms with Crippen molar-refractivity contribution in [3.63, 3.8) is 0 Å². The fourth-order valence-electron chi connectivity index (χ4n) is 12.7. The summed E-state index contributed by atoms with van der Waals surface area (Å²) in [6.45, 7) is 20.8. The standard InChI is InChI=1S/C77H97N9O14S/c1-48(64(89)82-58(45-50-33-37-55(38-34-50)98-73(5,6)7)68(93)84-59(65(90)80-46-60(78)87)47-101-77(51-24-16-13-17-25-51,52-26-18-14-19-27-52)53-28-20-15-21-29-53)81-67(92)57(44-49-31-35-54(36-32-49)97-72(2,3)4)83-66(91)56(85-71(96)99-74(8,9)10)30-22-23-42-79-61(88)39-43-86-69(94)62-63(70(86)95)76(12)41-40-75(62,11)100-76/h13-21,24-29,31-38,40-41,48,56-59,62-63H,22-23,30,39,42-47H2,1-12H3,(H2,78,87)(H,79,88)(H,80,90)(H,81,92)(H,82,89)(H,83,91)(H,84,93)(H,85,96)/t48-,56-,57-,58-,59-,62-,63+,75?,76?/m0/s1. The molecule has 2 unspecified atom stereocenters. The van der Waals surface area contributed by atoms with Crippen LogP contribution in [-0.2, 0) is 70.2 Å². The van der Waals surface area contributed by atoms with Gasteiger partial charge in [0.25, 0.3) is 0 Å². The van der Waals surface area contributed by atoms with Crippen molar-refractivity contribution in [1.29, 1.82) is 0 Å². The number of nitrogens with two attached hydrogens (primary N) is 1. The largest absolute Gasteiger partial charge is 0.488 e. The van der Waals surface area contributed by atoms with Crippen LogP contribution in [0.5, 0.6) is 11.5 Å². The normalized spacial score (nSPS) is 19.3. The van der Waals surface area contributed by atoms with Crippen molar-refractivity contribution in [3.8, 4) is 11.5 Å². The minimum absolute atomic E-state index is 0.0101. The zero-order valence-corrected chi connectivity index (χ0v) is 60.5. The van der Waals surface area contributed by atoms with Crippen molar-refractivity contribution >= 4 is 71.0 Å². The molecule has 5 aromatic carbocycles. The molecule has 0 radical (unpaired) electrons. The second-order valence-corrected chi connectivity index (χ2v) is 30.4. The molecule has 3 aliphatic rings. The van der Waals surface area contributed by atoms with Crippen LogP contribution >= 0.6 is 11.8 Å². The van der Waals surface area contributed by atoms with Gasteiger partial charge in [0, 0.05) is 38.1 Å². The number of hydrogen-bond acceptors (Lipinski definition) is 15. The predicted octanol–water partition coefficient (Wildman–Crippen LogP) is 7.40. The van der Waals surface area contributed by atoms with Crippen LogP contribution in [0.3, 0.4) is 0 Å². The number of unbranched alkanes of at least 4 members (excludes halogenated alkanes) is 1. The molecule has 2 saturated heterocycles. The molecule has 5 aromatic rings. The van der Waals surface area contributed by atoms with E-state index in [1.165, 1.54) is 18.7 Å². The lowest BCUT2D eigenvalue weighted by Crippen LogP contribution is -2.59. The van der Waals surface area contributed by atoms with Crippen molar-refractivity contribution in [3.05, 3.63) is 179 Å². The zero-order valence-electron chi connectivity index (χ0n) is 59.7. The van der Waals surface area contributed by atoms with Gasteiger partial charge in [0.2, 0.25) is 53.2 Å². The molecule has 101 heavy (non-hydrogen) atoms. The van der Waals surface area contributed by atoms with Gasteiger partial charge in [0.05, 0.1) is 34.3 Å². The number of benzene rings is 5. The van der Waals surface area contributed by atoms with Crippen LogP contribution in [0.2, 0.25) is 0 Å². The SMILES string of the molecule is C[C@H](NC(=O)[C@H](Cc1ccc(OC(C)(C)C)cc1)NC(=O)[C@H](CCCCNC(=O)CCN1C(=O)[C@@H]2[C@H](C1=O)C1(C)C=CC2(C)O1)NC(=O)OC(C)(C)C)C(=O)N[C@@H](Cc1ccc(OC(C)(C)C)cc1)C(=O)N[C@@H](CSC(c1ccccc1)(c1ccccc1)c1ccccc1)C(=O)NCC(N)=O. The molecule has 8 rings (SSSR count). The number of thioether (sulfide) groups is 1. The number of nitrogens with one attached hydrogen (secondary N) is 7. The number of nitrogens with zero attached hydrogens (tertiary/aromatic N) is 1. The van der Waals surface area contributed by atoms with Crippen LogP contribution in [0, 0.1) is 11.8 Å². The first-order valence-corrected chi connectivity index (χ1v) is 35.2. The number of ether oxygens (including phenoxy) is 4. The fourth-order valence-corrected chi connectivity index (χ4v) is 14.3. The van der Waals surface area contributed by atoms with Crippen LogP contribution in [0.15, 0.2) is 152 Å². The maximum atomic E-state index is 15.2. The van der Waals surface area contributed by atoms with E-state index in [0.29, 0.717) is 29.0 Å². The van der Waals surface area contributed by atoms with Crippen LogP contribution in [0.25, 0.3) is 0 Å². The summed E-state index contributed by atoms with van der Waals surface area (Å²) in [7, 11) is 0. The topological polar surface area (TPSA) is 321 Å². The van der Waals surface area contributed by atoms with Gasteiger partial charge in [0.15, 0.2) is 0 Å². The van der Waals surface area contributed by atoms with Crippen molar-refractivity contribution < 1.29 is 66.9 Å². The summed E-state index contributed by atoms with van der Waals surface area (Å²) in [4.78, 5) is 141. The first-order chi connectivity index (χ1) is 47.5. The third-order valence-corrected chi connectivity index (χ3v) is 18.9. The lowest BCUT2D eigenvalue weighted by molar-refractivity contribution is -0.146. The van der Waals surface area contributed by atoms with Gasteiger partial charge in [0.1, 0.15) is 58.5 Å². The molecule has 3 aliphatic heterocycles. The Balaban J connectivity index is 1.01. The number of alkyl carbamates (subject to hydrolysis) is 1. The van der Waals surface area contributed by atoms with E-state index in [9.17, 15) is 43.2 Å². The number of likely N-dealkylation sites (tertiary alicyclic amines) is 1. The number of carbonyl (C=O) groups excluding carboxylic acids is 10. The van der Waals surface area contributed by atoms with Crippen LogP contribution in [0.1, 0.15) is 137 Å². The van der Waals surface area contributed by atoms with E-state index in [1.807, 2.05) is 145 Å². The van der Waals surface area contributed by atoms with E-state index in [2.05, 4.69) is 37.2 Å². The smallest absolute Gasteiger partial charge is 0.408 e. The molecule has 0 saturated carbocycles. The molecule has 2 bridgehead atoms. The van der Waals surface area contributed by atoms with E-state index in [4.69, 9.17) is 24.7 Å². The summed E-state index contributed by atoms with van der Waals surface area (Å²) < 4.78 is 22.8. The third kappa shape index (κ3) is 20.8. The molecule has 23 nitrogen and oxygen atoms in total. The Kier molecular flexibility index (Phi) is 25.1. The highest BCUT2D eigenvalue weighted by Gasteiger charge is 2.70. The number of amides is 10. The molecule has 0 spiro atoms. The van der Waals surface area contributed by atoms with E-state index in [-0.39, 0.29) is 62.8 Å². The van der Waals surface area contributed by atoms with Gasteiger partial charge in [-0.05, 0) is 154 Å². The van der Waals surface area contributed by atoms with Crippen LogP contribution in [0.4, 0.5) is 4.79 Å². The molecule has 9 atom stereocenters. The summed E-state index contributed by atoms with van der Waals surface area (Å²) in [5.74, 6) is -6.21. The number of rotatable bonds is 32. The van der Waals surface area contributed by atoms with Crippen molar-refractivity contribution in [1.82, 2.24) is 42.1 Å². The second kappa shape index (κ2) is 32.8. The average Bonchev–Trinajstić information content (AvgIpc) is 1.53. The molecule has 0 aromatic heterocycles. The van der Waals surface area contributed by atoms with E-state index < -0.39 is 129 Å². The summed E-state index contributed by atoms with van der Waals surface area (Å²) >= 11 is 1.38. The summed E-state index contributed by atoms with van der Waals surface area (Å²) in [6, 6.07) is 36.2. The molecule has 3 heterocycles. The summed E-state index contributed by atoms with van der Waals surface area (Å²) in [5.41, 5.74) is 5.49. The second-order valence-electron chi connectivity index (χ2n) is 29.2. The molecule has 0 aliphatic carbocycles. The summed E-state index contributed by atoms with van der Waals surface area (Å²) in [5, 5.41) is 19.3. The highest BCUT2D eigenvalue weighted by atomic mass is 32.2. The van der Waals surface area contributed by atoms with Gasteiger partial charge in [-0.1, -0.05) is 127 Å². The van der Waals surface area contributed by atoms with E-state index in [0.717, 1.165) is 21.6 Å². The first-order valence-electron chi connectivity index (χ1n) is 34.2. The number of imide groups is 1. The number of fused-ring (bicyclic) bond motifs is 5. The Morgan fingerprint density at radius 3 is 1.42 bits per heavy atom. The van der Waals surface area contributed by atoms with Crippen molar-refractivity contribution in [2.24, 2.45) is 17.6 Å². The fraction of sp³-hybridized carbons (Fsp3) is 0.455. The highest BCUT2D eigenvalue weighted by molar-refractivity contribution is 8.00. The number of primary amides is 1. The average molecular weight is 1400 g/mol. The Bertz CT molecular complexity index is 3670. The highest BCUT2D eigenvalue weighted by Crippen LogP contribution is 2.57. The Labute approximate surface area is 595 Å². The lowest BCUT2D eigenvalue weighted by atomic mass is 9.73. The maximum absolute atomic E-state index is 15.2. The minimum Gasteiger partial charge on any atom is -0.488 e. The predicted molar refractivity (Wildman–Crippen MR) is 384 cm³/mol. The molecule has 540 valence electrons. The minimum atomic E-state index is -1.41. The third-order valence-electron chi connectivity index (χ3n) is 17.3. The Hall–Kier alpha value is -9.55. The monoisotopic (exact) mass is 1400 g/mol. The number of hydrogen-bond donors (Lipinski definition) is 8. The van der Waals surface area contributed by atoms with Gasteiger partial charge in [-0.15, -0.1) is 11.8 Å². The van der Waals surface area contributed by atoms with E-state index in [1.54, 1.807) is 83.1 Å².